The van der Waals surface area contributed by atoms with Crippen LogP contribution in [0.5, 0.6) is 0 Å². The number of hydrogen-bond donors (Lipinski definition) is 1. The third kappa shape index (κ3) is 2.41. The Labute approximate surface area is 113 Å². The predicted octanol–water partition coefficient (Wildman–Crippen LogP) is 4.34. The van der Waals surface area contributed by atoms with Crippen molar-refractivity contribution < 1.29 is 8.78 Å². The van der Waals surface area contributed by atoms with Crippen LogP contribution < -0.4 is 5.73 Å². The van der Waals surface area contributed by atoms with Crippen LogP contribution >= 0.6 is 22.9 Å². The van der Waals surface area contributed by atoms with Crippen LogP contribution in [0.15, 0.2) is 18.2 Å². The highest BCUT2D eigenvalue weighted by molar-refractivity contribution is 7.16. The van der Waals surface area contributed by atoms with Crippen LogP contribution in [0.2, 0.25) is 4.34 Å². The number of rotatable bonds is 2. The average molecular weight is 288 g/mol. The standard InChI is InChI=1S/C13H12ClF2NS/c1-6-3-8(10(16)5-9(6)15)12(17)11-4-7(2)13(14)18-11/h3-5,12H,17H2,1-2H3. The van der Waals surface area contributed by atoms with E-state index in [1.54, 1.807) is 6.92 Å². The second-order valence-corrected chi connectivity index (χ2v) is 5.89. The molecule has 0 saturated heterocycles. The van der Waals surface area contributed by atoms with Gasteiger partial charge in [0.1, 0.15) is 11.6 Å². The van der Waals surface area contributed by atoms with Crippen molar-refractivity contribution in [2.24, 2.45) is 5.73 Å². The predicted molar refractivity (Wildman–Crippen MR) is 71.2 cm³/mol. The Morgan fingerprint density at radius 2 is 1.78 bits per heavy atom. The van der Waals surface area contributed by atoms with Crippen molar-refractivity contribution in [2.45, 2.75) is 19.9 Å². The Bertz CT molecular complexity index is 575. The van der Waals surface area contributed by atoms with E-state index >= 15 is 0 Å². The molecule has 0 aliphatic heterocycles. The summed E-state index contributed by atoms with van der Waals surface area (Å²) in [4.78, 5) is 0.766. The minimum Gasteiger partial charge on any atom is -0.320 e. The van der Waals surface area contributed by atoms with E-state index in [1.165, 1.54) is 17.4 Å². The Kier molecular flexibility index (Phi) is 3.71. The molecule has 1 aromatic heterocycles. The van der Waals surface area contributed by atoms with Gasteiger partial charge < -0.3 is 5.73 Å². The van der Waals surface area contributed by atoms with Crippen molar-refractivity contribution in [1.29, 1.82) is 0 Å². The Balaban J connectivity index is 2.45. The van der Waals surface area contributed by atoms with Crippen molar-refractivity contribution >= 4 is 22.9 Å². The van der Waals surface area contributed by atoms with Crippen molar-refractivity contribution in [2.75, 3.05) is 0 Å². The molecule has 0 radical (unpaired) electrons. The van der Waals surface area contributed by atoms with E-state index in [9.17, 15) is 8.78 Å². The summed E-state index contributed by atoms with van der Waals surface area (Å²) >= 11 is 7.28. The molecule has 0 aliphatic carbocycles. The Hall–Kier alpha value is -0.970. The van der Waals surface area contributed by atoms with Gasteiger partial charge in [-0.15, -0.1) is 11.3 Å². The third-order valence-corrected chi connectivity index (χ3v) is 4.43. The molecule has 1 heterocycles. The number of hydrogen-bond acceptors (Lipinski definition) is 2. The summed E-state index contributed by atoms with van der Waals surface area (Å²) in [5, 5.41) is 0. The normalized spacial score (nSPS) is 12.8. The topological polar surface area (TPSA) is 26.0 Å². The van der Waals surface area contributed by atoms with Crippen molar-refractivity contribution in [3.05, 3.63) is 55.7 Å². The summed E-state index contributed by atoms with van der Waals surface area (Å²) in [5.41, 5.74) is 7.58. The lowest BCUT2D eigenvalue weighted by Gasteiger charge is -2.12. The van der Waals surface area contributed by atoms with Gasteiger partial charge >= 0.3 is 0 Å². The fourth-order valence-corrected chi connectivity index (χ4v) is 2.95. The number of thiophene rings is 1. The van der Waals surface area contributed by atoms with Crippen LogP contribution in [0, 0.1) is 25.5 Å². The van der Waals surface area contributed by atoms with E-state index in [1.807, 2.05) is 13.0 Å². The van der Waals surface area contributed by atoms with Gasteiger partial charge in [-0.25, -0.2) is 8.78 Å². The number of aryl methyl sites for hydroxylation is 2. The molecule has 18 heavy (non-hydrogen) atoms. The van der Waals surface area contributed by atoms with Crippen molar-refractivity contribution in [3.63, 3.8) is 0 Å². The summed E-state index contributed by atoms with van der Waals surface area (Å²) in [6, 6.07) is 3.52. The molecule has 0 bridgehead atoms. The van der Waals surface area contributed by atoms with E-state index in [0.717, 1.165) is 16.5 Å². The van der Waals surface area contributed by atoms with Gasteiger partial charge in [0.15, 0.2) is 0 Å². The smallest absolute Gasteiger partial charge is 0.131 e. The molecule has 0 spiro atoms. The number of nitrogens with two attached hydrogens (primary N) is 1. The second kappa shape index (κ2) is 4.96. The molecule has 0 fully saturated rings. The maximum absolute atomic E-state index is 13.7. The molecular weight excluding hydrogens is 276 g/mol. The van der Waals surface area contributed by atoms with Gasteiger partial charge in [0, 0.05) is 16.5 Å². The highest BCUT2D eigenvalue weighted by atomic mass is 35.5. The zero-order chi connectivity index (χ0) is 13.4. The molecule has 96 valence electrons. The molecule has 0 aliphatic rings. The average Bonchev–Trinajstić information content (AvgIpc) is 2.63. The van der Waals surface area contributed by atoms with Crippen LogP contribution in [-0.2, 0) is 0 Å². The SMILES string of the molecule is Cc1cc(C(N)c2cc(C)c(Cl)s2)c(F)cc1F. The van der Waals surface area contributed by atoms with Crippen LogP contribution in [0.25, 0.3) is 0 Å². The molecule has 1 atom stereocenters. The van der Waals surface area contributed by atoms with Gasteiger partial charge in [0.25, 0.3) is 0 Å². The lowest BCUT2D eigenvalue weighted by molar-refractivity contribution is 0.561. The monoisotopic (exact) mass is 287 g/mol. The molecule has 1 aromatic carbocycles. The van der Waals surface area contributed by atoms with Gasteiger partial charge in [-0.2, -0.15) is 0 Å². The molecule has 2 rings (SSSR count). The van der Waals surface area contributed by atoms with Gasteiger partial charge in [-0.3, -0.25) is 0 Å². The summed E-state index contributed by atoms with van der Waals surface area (Å²) in [6.45, 7) is 3.44. The van der Waals surface area contributed by atoms with Gasteiger partial charge in [-0.1, -0.05) is 11.6 Å². The van der Waals surface area contributed by atoms with Gasteiger partial charge in [0.05, 0.1) is 10.4 Å². The zero-order valence-electron chi connectivity index (χ0n) is 9.93. The zero-order valence-corrected chi connectivity index (χ0v) is 11.5. The first-order valence-corrected chi connectivity index (χ1v) is 6.56. The molecule has 0 saturated carbocycles. The highest BCUT2D eigenvalue weighted by Crippen LogP contribution is 2.34. The third-order valence-electron chi connectivity index (χ3n) is 2.80. The summed E-state index contributed by atoms with van der Waals surface area (Å²) in [7, 11) is 0. The molecular formula is C13H12ClF2NS. The summed E-state index contributed by atoms with van der Waals surface area (Å²) < 4.78 is 27.6. The molecule has 1 nitrogen and oxygen atoms in total. The highest BCUT2D eigenvalue weighted by Gasteiger charge is 2.18. The largest absolute Gasteiger partial charge is 0.320 e. The first-order chi connectivity index (χ1) is 8.40. The fraction of sp³-hybridized carbons (Fsp3) is 0.231. The number of benzene rings is 1. The Morgan fingerprint density at radius 1 is 1.11 bits per heavy atom. The maximum atomic E-state index is 13.7. The van der Waals surface area contributed by atoms with E-state index in [0.29, 0.717) is 9.90 Å². The van der Waals surface area contributed by atoms with E-state index in [2.05, 4.69) is 0 Å². The first-order valence-electron chi connectivity index (χ1n) is 5.37. The minimum atomic E-state index is -0.632. The van der Waals surface area contributed by atoms with E-state index in [-0.39, 0.29) is 5.56 Å². The van der Waals surface area contributed by atoms with Gasteiger partial charge in [-0.05, 0) is 37.1 Å². The first kappa shape index (κ1) is 13.5. The molecule has 0 amide bonds. The number of halogens is 3. The quantitative estimate of drug-likeness (QED) is 0.873. The maximum Gasteiger partial charge on any atom is 0.131 e. The lowest BCUT2D eigenvalue weighted by Crippen LogP contribution is -2.13. The molecule has 2 aromatic rings. The molecule has 2 N–H and O–H groups in total. The van der Waals surface area contributed by atoms with E-state index in [4.69, 9.17) is 17.3 Å². The van der Waals surface area contributed by atoms with Gasteiger partial charge in [0.2, 0.25) is 0 Å². The van der Waals surface area contributed by atoms with E-state index < -0.39 is 17.7 Å². The summed E-state index contributed by atoms with van der Waals surface area (Å²) in [5.74, 6) is -1.20. The van der Waals surface area contributed by atoms with Crippen molar-refractivity contribution in [1.82, 2.24) is 0 Å². The van der Waals surface area contributed by atoms with Crippen molar-refractivity contribution in [3.8, 4) is 0 Å². The van der Waals surface area contributed by atoms with Crippen LogP contribution in [-0.4, -0.2) is 0 Å². The minimum absolute atomic E-state index is 0.284. The molecule has 1 unspecified atom stereocenters. The second-order valence-electron chi connectivity index (χ2n) is 4.21. The fourth-order valence-electron chi connectivity index (χ4n) is 1.71. The lowest BCUT2D eigenvalue weighted by atomic mass is 10.0. The Morgan fingerprint density at radius 3 is 2.33 bits per heavy atom. The summed E-state index contributed by atoms with van der Waals surface area (Å²) in [6.07, 6.45) is 0. The van der Waals surface area contributed by atoms with Crippen LogP contribution in [0.4, 0.5) is 8.78 Å². The molecule has 5 heteroatoms. The van der Waals surface area contributed by atoms with Crippen LogP contribution in [0.1, 0.15) is 27.6 Å². The van der Waals surface area contributed by atoms with Crippen LogP contribution in [0.3, 0.4) is 0 Å².